The van der Waals surface area contributed by atoms with Gasteiger partial charge in [0.2, 0.25) is 5.91 Å². The Bertz CT molecular complexity index is 515. The number of rotatable bonds is 8. The van der Waals surface area contributed by atoms with Gasteiger partial charge >= 0.3 is 0 Å². The number of nitrogens with two attached hydrogens (primary N) is 1. The quantitative estimate of drug-likeness (QED) is 0.562. The van der Waals surface area contributed by atoms with Crippen molar-refractivity contribution in [2.24, 2.45) is 5.73 Å². The number of hydrogen-bond donors (Lipinski definition) is 2. The Hall–Kier alpha value is -2.15. The largest absolute Gasteiger partial charge is 0.376 e. The van der Waals surface area contributed by atoms with Crippen molar-refractivity contribution in [3.63, 3.8) is 0 Å². The highest BCUT2D eigenvalue weighted by Crippen LogP contribution is 2.26. The molecule has 3 N–H and O–H groups in total. The van der Waals surface area contributed by atoms with Crippen molar-refractivity contribution in [3.05, 3.63) is 33.9 Å². The number of likely N-dealkylation sites (N-methyl/N-ethyl adjacent to an activating group) is 1. The van der Waals surface area contributed by atoms with Gasteiger partial charge in [0.25, 0.3) is 5.69 Å². The van der Waals surface area contributed by atoms with E-state index in [1.165, 1.54) is 18.2 Å². The minimum atomic E-state index is -0.607. The molecule has 0 aromatic heterocycles. The lowest BCUT2D eigenvalue weighted by molar-refractivity contribution is -0.384. The van der Waals surface area contributed by atoms with Crippen LogP contribution in [-0.2, 0) is 0 Å². The van der Waals surface area contributed by atoms with Gasteiger partial charge in [0.15, 0.2) is 0 Å². The molecule has 116 valence electrons. The maximum absolute atomic E-state index is 11.2. The maximum Gasteiger partial charge on any atom is 0.292 e. The van der Waals surface area contributed by atoms with Gasteiger partial charge in [-0.05, 0) is 32.1 Å². The fraction of sp³-hybridized carbons (Fsp3) is 0.500. The van der Waals surface area contributed by atoms with Crippen LogP contribution >= 0.6 is 0 Å². The van der Waals surface area contributed by atoms with Crippen molar-refractivity contribution in [1.82, 2.24) is 4.90 Å². The third-order valence-electron chi connectivity index (χ3n) is 3.31. The van der Waals surface area contributed by atoms with Crippen LogP contribution < -0.4 is 11.1 Å². The van der Waals surface area contributed by atoms with Crippen LogP contribution in [0.5, 0.6) is 0 Å². The second kappa shape index (κ2) is 7.58. The molecule has 7 nitrogen and oxygen atoms in total. The molecule has 0 saturated carbocycles. The predicted octanol–water partition coefficient (Wildman–Crippen LogP) is 1.84. The summed E-state index contributed by atoms with van der Waals surface area (Å²) in [5, 5.41) is 14.2. The Labute approximate surface area is 124 Å². The lowest BCUT2D eigenvalue weighted by Gasteiger charge is -2.24. The fourth-order valence-corrected chi connectivity index (χ4v) is 2.14. The van der Waals surface area contributed by atoms with E-state index in [1.807, 2.05) is 6.92 Å². The number of nitro benzene ring substituents is 1. The molecule has 0 heterocycles. The zero-order valence-corrected chi connectivity index (χ0v) is 12.6. The highest BCUT2D eigenvalue weighted by molar-refractivity contribution is 5.94. The van der Waals surface area contributed by atoms with Gasteiger partial charge < -0.3 is 16.0 Å². The number of carbonyl (C=O) groups is 1. The van der Waals surface area contributed by atoms with Crippen LogP contribution in [0.25, 0.3) is 0 Å². The van der Waals surface area contributed by atoms with E-state index < -0.39 is 10.8 Å². The Morgan fingerprint density at radius 2 is 2.05 bits per heavy atom. The Kier molecular flexibility index (Phi) is 6.10. The van der Waals surface area contributed by atoms with Crippen molar-refractivity contribution in [2.75, 3.05) is 25.0 Å². The molecule has 21 heavy (non-hydrogen) atoms. The fourth-order valence-electron chi connectivity index (χ4n) is 2.14. The van der Waals surface area contributed by atoms with Crippen molar-refractivity contribution in [1.29, 1.82) is 0 Å². The van der Waals surface area contributed by atoms with E-state index in [9.17, 15) is 14.9 Å². The van der Waals surface area contributed by atoms with E-state index in [0.29, 0.717) is 5.69 Å². The number of anilines is 1. The van der Waals surface area contributed by atoms with E-state index in [1.54, 1.807) is 0 Å². The van der Waals surface area contributed by atoms with Gasteiger partial charge in [-0.2, -0.15) is 0 Å². The van der Waals surface area contributed by atoms with Crippen molar-refractivity contribution in [3.8, 4) is 0 Å². The maximum atomic E-state index is 11.2. The summed E-state index contributed by atoms with van der Waals surface area (Å²) in [7, 11) is 0. The molecule has 1 unspecified atom stereocenters. The average Bonchev–Trinajstić information content (AvgIpc) is 2.44. The summed E-state index contributed by atoms with van der Waals surface area (Å²) >= 11 is 0. The lowest BCUT2D eigenvalue weighted by atomic mass is 10.1. The minimum absolute atomic E-state index is 0.00623. The van der Waals surface area contributed by atoms with Crippen LogP contribution in [0.4, 0.5) is 11.4 Å². The standard InChI is InChI=1S/C14H22N4O3/c1-4-17(5-2)9-10(3)16-12-8-11(14(15)19)6-7-13(12)18(20)21/h6-8,10,16H,4-5,9H2,1-3H3,(H2,15,19). The smallest absolute Gasteiger partial charge is 0.292 e. The lowest BCUT2D eigenvalue weighted by Crippen LogP contribution is -2.34. The van der Waals surface area contributed by atoms with E-state index in [-0.39, 0.29) is 17.3 Å². The normalized spacial score (nSPS) is 12.2. The molecule has 1 aromatic carbocycles. The van der Waals surface area contributed by atoms with Gasteiger partial charge in [0, 0.05) is 24.2 Å². The monoisotopic (exact) mass is 294 g/mol. The third kappa shape index (κ3) is 4.71. The first kappa shape index (κ1) is 16.9. The van der Waals surface area contributed by atoms with Crippen LogP contribution in [0, 0.1) is 10.1 Å². The number of nitro groups is 1. The van der Waals surface area contributed by atoms with Gasteiger partial charge in [-0.15, -0.1) is 0 Å². The first-order valence-electron chi connectivity index (χ1n) is 6.96. The zero-order chi connectivity index (χ0) is 16.0. The minimum Gasteiger partial charge on any atom is -0.376 e. The molecule has 0 bridgehead atoms. The van der Waals surface area contributed by atoms with Crippen molar-refractivity contribution >= 4 is 17.3 Å². The molecular weight excluding hydrogens is 272 g/mol. The number of benzene rings is 1. The summed E-state index contributed by atoms with van der Waals surface area (Å²) in [5.41, 5.74) is 5.72. The molecule has 1 atom stereocenters. The molecule has 0 aliphatic rings. The number of amides is 1. The van der Waals surface area contributed by atoms with Crippen molar-refractivity contribution in [2.45, 2.75) is 26.8 Å². The number of nitrogens with one attached hydrogen (secondary N) is 1. The molecule has 0 fully saturated rings. The molecule has 1 rings (SSSR count). The number of nitrogens with zero attached hydrogens (tertiary/aromatic N) is 2. The van der Waals surface area contributed by atoms with Crippen LogP contribution in [0.15, 0.2) is 18.2 Å². The molecule has 0 saturated heterocycles. The molecular formula is C14H22N4O3. The average molecular weight is 294 g/mol. The molecule has 0 aliphatic heterocycles. The first-order chi connectivity index (χ1) is 9.88. The molecule has 7 heteroatoms. The number of primary amides is 1. The van der Waals surface area contributed by atoms with Gasteiger partial charge in [-0.3, -0.25) is 14.9 Å². The van der Waals surface area contributed by atoms with Crippen LogP contribution in [-0.4, -0.2) is 41.4 Å². The SMILES string of the molecule is CCN(CC)CC(C)Nc1cc(C(N)=O)ccc1[N+](=O)[O-]. The first-order valence-corrected chi connectivity index (χ1v) is 6.96. The number of carbonyl (C=O) groups excluding carboxylic acids is 1. The Morgan fingerprint density at radius 1 is 1.43 bits per heavy atom. The second-order valence-corrected chi connectivity index (χ2v) is 4.88. The zero-order valence-electron chi connectivity index (χ0n) is 12.6. The van der Waals surface area contributed by atoms with Crippen molar-refractivity contribution < 1.29 is 9.72 Å². The van der Waals surface area contributed by atoms with Crippen LogP contribution in [0.1, 0.15) is 31.1 Å². The highest BCUT2D eigenvalue weighted by Gasteiger charge is 2.18. The van der Waals surface area contributed by atoms with Gasteiger partial charge in [0.1, 0.15) is 5.69 Å². The second-order valence-electron chi connectivity index (χ2n) is 4.88. The summed E-state index contributed by atoms with van der Waals surface area (Å²) in [4.78, 5) is 24.0. The summed E-state index contributed by atoms with van der Waals surface area (Å²) in [5.74, 6) is -0.607. The van der Waals surface area contributed by atoms with Gasteiger partial charge in [-0.25, -0.2) is 0 Å². The van der Waals surface area contributed by atoms with E-state index >= 15 is 0 Å². The van der Waals surface area contributed by atoms with E-state index in [2.05, 4.69) is 24.1 Å². The molecule has 0 spiro atoms. The summed E-state index contributed by atoms with van der Waals surface area (Å²) in [6.07, 6.45) is 0. The number of hydrogen-bond acceptors (Lipinski definition) is 5. The van der Waals surface area contributed by atoms with Gasteiger partial charge in [0.05, 0.1) is 4.92 Å². The molecule has 0 radical (unpaired) electrons. The molecule has 1 aromatic rings. The Morgan fingerprint density at radius 3 is 2.52 bits per heavy atom. The highest BCUT2D eigenvalue weighted by atomic mass is 16.6. The topological polar surface area (TPSA) is 102 Å². The predicted molar refractivity (Wildman–Crippen MR) is 82.5 cm³/mol. The summed E-state index contributed by atoms with van der Waals surface area (Å²) in [6.45, 7) is 8.64. The van der Waals surface area contributed by atoms with Crippen LogP contribution in [0.2, 0.25) is 0 Å². The molecule has 1 amide bonds. The van der Waals surface area contributed by atoms with Gasteiger partial charge in [-0.1, -0.05) is 13.8 Å². The van der Waals surface area contributed by atoms with Crippen LogP contribution in [0.3, 0.4) is 0 Å². The Balaban J connectivity index is 2.96. The summed E-state index contributed by atoms with van der Waals surface area (Å²) < 4.78 is 0. The third-order valence-corrected chi connectivity index (χ3v) is 3.31. The van der Waals surface area contributed by atoms with E-state index in [4.69, 9.17) is 5.73 Å². The van der Waals surface area contributed by atoms with E-state index in [0.717, 1.165) is 19.6 Å². The summed E-state index contributed by atoms with van der Waals surface area (Å²) in [6, 6.07) is 4.10. The molecule has 0 aliphatic carbocycles.